The second-order valence-electron chi connectivity index (χ2n) is 5.01. The van der Waals surface area contributed by atoms with Crippen molar-refractivity contribution in [3.05, 3.63) is 34.9 Å². The topological polar surface area (TPSA) is 41.5 Å². The molecular formula is C16H26ClNO2. The number of aliphatic hydroxyl groups is 1. The average Bonchev–Trinajstić information content (AvgIpc) is 2.45. The maximum absolute atomic E-state index is 9.78. The van der Waals surface area contributed by atoms with E-state index in [4.69, 9.17) is 16.3 Å². The first-order valence-corrected chi connectivity index (χ1v) is 7.81. The van der Waals surface area contributed by atoms with E-state index in [1.165, 1.54) is 19.3 Å². The van der Waals surface area contributed by atoms with Gasteiger partial charge in [-0.3, -0.25) is 0 Å². The van der Waals surface area contributed by atoms with E-state index in [1.54, 1.807) is 0 Å². The molecule has 0 aliphatic rings. The molecule has 0 aliphatic heterocycles. The lowest BCUT2D eigenvalue weighted by atomic mass is 10.2. The number of nitrogens with one attached hydrogen (secondary N) is 1. The summed E-state index contributed by atoms with van der Waals surface area (Å²) < 4.78 is 5.45. The maximum atomic E-state index is 9.78. The summed E-state index contributed by atoms with van der Waals surface area (Å²) in [6, 6.07) is 7.71. The third-order valence-corrected chi connectivity index (χ3v) is 3.47. The van der Waals surface area contributed by atoms with Crippen LogP contribution in [-0.4, -0.2) is 31.0 Å². The van der Waals surface area contributed by atoms with Crippen molar-refractivity contribution in [3.8, 4) is 0 Å². The maximum Gasteiger partial charge on any atom is 0.0897 e. The molecule has 0 bridgehead atoms. The van der Waals surface area contributed by atoms with Crippen LogP contribution >= 0.6 is 11.6 Å². The van der Waals surface area contributed by atoms with Crippen molar-refractivity contribution in [2.24, 2.45) is 0 Å². The Bertz CT molecular complexity index is 360. The van der Waals surface area contributed by atoms with Crippen LogP contribution in [0.25, 0.3) is 0 Å². The summed E-state index contributed by atoms with van der Waals surface area (Å²) in [5, 5.41) is 13.7. The Kier molecular flexibility index (Phi) is 9.67. The molecule has 0 aromatic heterocycles. The van der Waals surface area contributed by atoms with Crippen molar-refractivity contribution in [1.29, 1.82) is 0 Å². The molecule has 2 N–H and O–H groups in total. The van der Waals surface area contributed by atoms with Gasteiger partial charge >= 0.3 is 0 Å². The first-order chi connectivity index (χ1) is 9.74. The van der Waals surface area contributed by atoms with Crippen LogP contribution in [0.5, 0.6) is 0 Å². The van der Waals surface area contributed by atoms with Crippen molar-refractivity contribution in [2.45, 2.75) is 45.3 Å². The molecule has 0 saturated heterocycles. The van der Waals surface area contributed by atoms with Gasteiger partial charge in [-0.05, 0) is 18.1 Å². The number of hydrogen-bond acceptors (Lipinski definition) is 3. The molecule has 1 aromatic rings. The SMILES string of the molecule is CCCCCCOCC(O)CNCc1ccccc1Cl. The second-order valence-corrected chi connectivity index (χ2v) is 5.42. The minimum Gasteiger partial charge on any atom is -0.389 e. The Morgan fingerprint density at radius 3 is 2.80 bits per heavy atom. The van der Waals surface area contributed by atoms with E-state index in [2.05, 4.69) is 12.2 Å². The minimum absolute atomic E-state index is 0.391. The van der Waals surface area contributed by atoms with Crippen LogP contribution in [0.15, 0.2) is 24.3 Å². The third kappa shape index (κ3) is 7.85. The first-order valence-electron chi connectivity index (χ1n) is 7.44. The lowest BCUT2D eigenvalue weighted by Crippen LogP contribution is -2.30. The van der Waals surface area contributed by atoms with Crippen LogP contribution in [0.1, 0.15) is 38.2 Å². The van der Waals surface area contributed by atoms with Gasteiger partial charge in [0.2, 0.25) is 0 Å². The highest BCUT2D eigenvalue weighted by Crippen LogP contribution is 2.14. The van der Waals surface area contributed by atoms with Crippen LogP contribution in [0.2, 0.25) is 5.02 Å². The number of rotatable bonds is 11. The Hall–Kier alpha value is -0.610. The molecular weight excluding hydrogens is 274 g/mol. The summed E-state index contributed by atoms with van der Waals surface area (Å²) in [4.78, 5) is 0. The predicted molar refractivity (Wildman–Crippen MR) is 84.1 cm³/mol. The van der Waals surface area contributed by atoms with E-state index in [0.717, 1.165) is 23.6 Å². The molecule has 20 heavy (non-hydrogen) atoms. The van der Waals surface area contributed by atoms with Crippen LogP contribution in [-0.2, 0) is 11.3 Å². The molecule has 0 amide bonds. The lowest BCUT2D eigenvalue weighted by Gasteiger charge is -2.13. The lowest BCUT2D eigenvalue weighted by molar-refractivity contribution is 0.0353. The van der Waals surface area contributed by atoms with Crippen LogP contribution in [0.3, 0.4) is 0 Å². The number of unbranched alkanes of at least 4 members (excludes halogenated alkanes) is 3. The fourth-order valence-corrected chi connectivity index (χ4v) is 2.13. The molecule has 0 radical (unpaired) electrons. The van der Waals surface area contributed by atoms with Gasteiger partial charge in [-0.25, -0.2) is 0 Å². The summed E-state index contributed by atoms with van der Waals surface area (Å²) in [5.41, 5.74) is 1.04. The van der Waals surface area contributed by atoms with E-state index in [0.29, 0.717) is 19.7 Å². The van der Waals surface area contributed by atoms with Crippen molar-refractivity contribution < 1.29 is 9.84 Å². The van der Waals surface area contributed by atoms with Crippen molar-refractivity contribution in [1.82, 2.24) is 5.32 Å². The van der Waals surface area contributed by atoms with E-state index < -0.39 is 6.10 Å². The van der Waals surface area contributed by atoms with Crippen molar-refractivity contribution in [3.63, 3.8) is 0 Å². The van der Waals surface area contributed by atoms with Crippen LogP contribution < -0.4 is 5.32 Å². The third-order valence-electron chi connectivity index (χ3n) is 3.11. The first kappa shape index (κ1) is 17.4. The summed E-state index contributed by atoms with van der Waals surface area (Å²) in [7, 11) is 0. The molecule has 0 aliphatic carbocycles. The number of benzene rings is 1. The molecule has 1 atom stereocenters. The zero-order chi connectivity index (χ0) is 14.6. The Labute approximate surface area is 127 Å². The molecule has 4 heteroatoms. The minimum atomic E-state index is -0.469. The number of aliphatic hydroxyl groups excluding tert-OH is 1. The fourth-order valence-electron chi connectivity index (χ4n) is 1.92. The zero-order valence-corrected chi connectivity index (χ0v) is 13.0. The monoisotopic (exact) mass is 299 g/mol. The normalized spacial score (nSPS) is 12.6. The average molecular weight is 300 g/mol. The highest BCUT2D eigenvalue weighted by Gasteiger charge is 2.04. The van der Waals surface area contributed by atoms with Crippen LogP contribution in [0, 0.1) is 0 Å². The van der Waals surface area contributed by atoms with Gasteiger partial charge in [0.1, 0.15) is 0 Å². The van der Waals surface area contributed by atoms with Gasteiger partial charge in [-0.15, -0.1) is 0 Å². The molecule has 1 rings (SSSR count). The smallest absolute Gasteiger partial charge is 0.0897 e. The van der Waals surface area contributed by atoms with Crippen molar-refractivity contribution >= 4 is 11.6 Å². The molecule has 1 aromatic carbocycles. The zero-order valence-electron chi connectivity index (χ0n) is 12.3. The van der Waals surface area contributed by atoms with E-state index in [1.807, 2.05) is 24.3 Å². The standard InChI is InChI=1S/C16H26ClNO2/c1-2-3-4-7-10-20-13-15(19)12-18-11-14-8-5-6-9-16(14)17/h5-6,8-9,15,18-19H,2-4,7,10-13H2,1H3. The van der Waals surface area contributed by atoms with Gasteiger partial charge in [0, 0.05) is 24.7 Å². The quantitative estimate of drug-likeness (QED) is 0.616. The number of hydrogen-bond donors (Lipinski definition) is 2. The molecule has 3 nitrogen and oxygen atoms in total. The van der Waals surface area contributed by atoms with Gasteiger partial charge in [0.15, 0.2) is 0 Å². The number of ether oxygens (including phenoxy) is 1. The largest absolute Gasteiger partial charge is 0.389 e. The Morgan fingerprint density at radius 1 is 1.25 bits per heavy atom. The van der Waals surface area contributed by atoms with E-state index in [-0.39, 0.29) is 0 Å². The number of halogens is 1. The molecule has 114 valence electrons. The highest BCUT2D eigenvalue weighted by molar-refractivity contribution is 6.31. The molecule has 0 spiro atoms. The van der Waals surface area contributed by atoms with Crippen molar-refractivity contribution in [2.75, 3.05) is 19.8 Å². The van der Waals surface area contributed by atoms with E-state index >= 15 is 0 Å². The van der Waals surface area contributed by atoms with Crippen LogP contribution in [0.4, 0.5) is 0 Å². The summed E-state index contributed by atoms with van der Waals surface area (Å²) in [6.07, 6.45) is 4.30. The second kappa shape index (κ2) is 11.1. The van der Waals surface area contributed by atoms with Gasteiger partial charge in [-0.2, -0.15) is 0 Å². The van der Waals surface area contributed by atoms with Gasteiger partial charge in [0.05, 0.1) is 12.7 Å². The molecule has 1 unspecified atom stereocenters. The highest BCUT2D eigenvalue weighted by atomic mass is 35.5. The fraction of sp³-hybridized carbons (Fsp3) is 0.625. The summed E-state index contributed by atoms with van der Waals surface area (Å²) in [6.45, 7) is 4.49. The van der Waals surface area contributed by atoms with E-state index in [9.17, 15) is 5.11 Å². The molecule has 0 saturated carbocycles. The molecule has 0 fully saturated rings. The van der Waals surface area contributed by atoms with Gasteiger partial charge in [0.25, 0.3) is 0 Å². The van der Waals surface area contributed by atoms with Gasteiger partial charge in [-0.1, -0.05) is 56.0 Å². The Balaban J connectivity index is 2.03. The predicted octanol–water partition coefficient (Wildman–Crippen LogP) is 3.39. The summed E-state index contributed by atoms with van der Waals surface area (Å²) >= 11 is 6.06. The van der Waals surface area contributed by atoms with Gasteiger partial charge < -0.3 is 15.2 Å². The summed E-state index contributed by atoms with van der Waals surface area (Å²) in [5.74, 6) is 0. The molecule has 0 heterocycles. The Morgan fingerprint density at radius 2 is 2.05 bits per heavy atom.